The van der Waals surface area contributed by atoms with Gasteiger partial charge in [-0.3, -0.25) is 4.79 Å². The van der Waals surface area contributed by atoms with Crippen molar-refractivity contribution >= 4 is 5.97 Å². The Bertz CT molecular complexity index is 678. The monoisotopic (exact) mass is 452 g/mol. The van der Waals surface area contributed by atoms with E-state index in [1.807, 2.05) is 0 Å². The molecule has 3 unspecified atom stereocenters. The predicted octanol–water partition coefficient (Wildman–Crippen LogP) is 5.53. The molecule has 0 amide bonds. The lowest BCUT2D eigenvalue weighted by Crippen LogP contribution is -2.61. The Hall–Kier alpha value is -1.63. The molecule has 14 heteroatoms. The molecule has 2 aliphatic rings. The zero-order valence-electron chi connectivity index (χ0n) is 14.0. The molecule has 2 rings (SSSR count). The number of halogens is 12. The molecule has 2 bridgehead atoms. The van der Waals surface area contributed by atoms with Crippen molar-refractivity contribution in [2.24, 2.45) is 17.3 Å². The van der Waals surface area contributed by atoms with Crippen LogP contribution < -0.4 is 0 Å². The number of hydrogen-bond acceptors (Lipinski definition) is 2. The van der Waals surface area contributed by atoms with Gasteiger partial charge in [0, 0.05) is 5.92 Å². The minimum Gasteiger partial charge on any atom is -0.465 e. The quantitative estimate of drug-likeness (QED) is 0.301. The number of carbonyl (C=O) groups excluding carboxylic acids is 1. The molecule has 0 aromatic heterocycles. The molecule has 29 heavy (non-hydrogen) atoms. The Balaban J connectivity index is 2.12. The van der Waals surface area contributed by atoms with Crippen molar-refractivity contribution in [3.05, 3.63) is 12.2 Å². The second-order valence-corrected chi connectivity index (χ2v) is 6.90. The minimum atomic E-state index is -7.13. The van der Waals surface area contributed by atoms with Gasteiger partial charge in [0.15, 0.2) is 5.41 Å². The van der Waals surface area contributed by atoms with E-state index >= 15 is 0 Å². The third-order valence-electron chi connectivity index (χ3n) is 5.12. The van der Waals surface area contributed by atoms with E-state index in [0.29, 0.717) is 0 Å². The first-order valence-corrected chi connectivity index (χ1v) is 7.94. The summed E-state index contributed by atoms with van der Waals surface area (Å²) < 4.78 is 159. The fourth-order valence-electron chi connectivity index (χ4n) is 3.50. The molecule has 2 nitrogen and oxygen atoms in total. The van der Waals surface area contributed by atoms with Crippen molar-refractivity contribution in [2.75, 3.05) is 6.61 Å². The summed E-state index contributed by atoms with van der Waals surface area (Å²) in [6, 6.07) is 0. The second-order valence-electron chi connectivity index (χ2n) is 6.90. The van der Waals surface area contributed by atoms with Gasteiger partial charge in [0.05, 0.1) is 13.0 Å². The number of rotatable bonds is 6. The van der Waals surface area contributed by atoms with Crippen LogP contribution in [0.3, 0.4) is 0 Å². The van der Waals surface area contributed by atoms with E-state index in [2.05, 4.69) is 4.74 Å². The first-order chi connectivity index (χ1) is 12.8. The molecule has 0 aromatic rings. The first kappa shape index (κ1) is 23.6. The third kappa shape index (κ3) is 3.45. The third-order valence-corrected chi connectivity index (χ3v) is 5.12. The molecule has 0 heterocycles. The topological polar surface area (TPSA) is 26.3 Å². The van der Waals surface area contributed by atoms with Crippen molar-refractivity contribution in [1.82, 2.24) is 0 Å². The van der Waals surface area contributed by atoms with Gasteiger partial charge in [-0.25, -0.2) is 0 Å². The summed E-state index contributed by atoms with van der Waals surface area (Å²) in [4.78, 5) is 12.0. The largest absolute Gasteiger partial charge is 0.465 e. The molecule has 1 saturated carbocycles. The van der Waals surface area contributed by atoms with Crippen molar-refractivity contribution in [1.29, 1.82) is 0 Å². The summed E-state index contributed by atoms with van der Waals surface area (Å²) in [5.74, 6) is -24.2. The summed E-state index contributed by atoms with van der Waals surface area (Å²) in [5, 5.41) is 0. The molecule has 0 saturated heterocycles. The van der Waals surface area contributed by atoms with Gasteiger partial charge < -0.3 is 4.74 Å². The van der Waals surface area contributed by atoms with Crippen LogP contribution in [0.15, 0.2) is 12.2 Å². The Morgan fingerprint density at radius 2 is 1.45 bits per heavy atom. The Kier molecular flexibility index (Phi) is 5.45. The van der Waals surface area contributed by atoms with Crippen LogP contribution in [-0.4, -0.2) is 42.7 Å². The summed E-state index contributed by atoms with van der Waals surface area (Å²) >= 11 is 0. The van der Waals surface area contributed by atoms with Crippen LogP contribution in [0.5, 0.6) is 0 Å². The highest BCUT2D eigenvalue weighted by Gasteiger charge is 2.81. The number of alkyl halides is 12. The lowest BCUT2D eigenvalue weighted by Gasteiger charge is -2.36. The molecule has 0 radical (unpaired) electrons. The molecular weight excluding hydrogens is 440 g/mol. The average Bonchev–Trinajstić information content (AvgIpc) is 3.13. The van der Waals surface area contributed by atoms with Crippen LogP contribution in [-0.2, 0) is 9.53 Å². The van der Waals surface area contributed by atoms with Gasteiger partial charge in [0.25, 0.3) is 0 Å². The predicted molar refractivity (Wildman–Crippen MR) is 70.3 cm³/mol. The fraction of sp³-hybridized carbons (Fsp3) is 0.800. The van der Waals surface area contributed by atoms with Crippen LogP contribution in [0.2, 0.25) is 0 Å². The molecule has 1 fully saturated rings. The maximum absolute atomic E-state index is 13.4. The fourth-order valence-corrected chi connectivity index (χ4v) is 3.50. The van der Waals surface area contributed by atoms with E-state index in [1.54, 1.807) is 0 Å². The van der Waals surface area contributed by atoms with E-state index in [0.717, 1.165) is 6.08 Å². The Morgan fingerprint density at radius 3 is 1.83 bits per heavy atom. The molecule has 0 aliphatic heterocycles. The highest BCUT2D eigenvalue weighted by molar-refractivity contribution is 5.79. The van der Waals surface area contributed by atoms with E-state index in [1.165, 1.54) is 6.08 Å². The highest BCUT2D eigenvalue weighted by atomic mass is 19.4. The molecule has 0 spiro atoms. The number of hydrogen-bond donors (Lipinski definition) is 0. The Labute approximate surface area is 154 Å². The molecule has 2 aliphatic carbocycles. The van der Waals surface area contributed by atoms with Crippen LogP contribution >= 0.6 is 0 Å². The minimum absolute atomic E-state index is 0.0966. The summed E-state index contributed by atoms with van der Waals surface area (Å²) in [7, 11) is 0. The summed E-state index contributed by atoms with van der Waals surface area (Å²) in [6.07, 6.45) is -13.2. The van der Waals surface area contributed by atoms with Crippen molar-refractivity contribution in [3.63, 3.8) is 0 Å². The number of allylic oxidation sites excluding steroid dienone is 2. The van der Waals surface area contributed by atoms with Gasteiger partial charge in [0.1, 0.15) is 0 Å². The second kappa shape index (κ2) is 6.69. The maximum atomic E-state index is 13.4. The van der Waals surface area contributed by atoms with Crippen LogP contribution in [0.25, 0.3) is 0 Å². The van der Waals surface area contributed by atoms with Crippen LogP contribution in [0, 0.1) is 17.3 Å². The lowest BCUT2D eigenvalue weighted by atomic mass is 9.75. The normalized spacial score (nSPS) is 28.1. The van der Waals surface area contributed by atoms with Gasteiger partial charge in [0.2, 0.25) is 0 Å². The highest BCUT2D eigenvalue weighted by Crippen LogP contribution is 2.60. The number of carbonyl (C=O) groups is 1. The molecule has 3 atom stereocenters. The maximum Gasteiger partial charge on any atom is 0.460 e. The van der Waals surface area contributed by atoms with Crippen LogP contribution in [0.1, 0.15) is 19.3 Å². The number of esters is 1. The zero-order valence-corrected chi connectivity index (χ0v) is 14.0. The number of fused-ring (bicyclic) bond motifs is 2. The Morgan fingerprint density at radius 1 is 0.897 bits per heavy atom. The van der Waals surface area contributed by atoms with Crippen molar-refractivity contribution in [2.45, 2.75) is 49.4 Å². The zero-order chi connectivity index (χ0) is 22.7. The van der Waals surface area contributed by atoms with Crippen molar-refractivity contribution in [3.8, 4) is 0 Å². The van der Waals surface area contributed by atoms with Crippen molar-refractivity contribution < 1.29 is 62.2 Å². The lowest BCUT2D eigenvalue weighted by molar-refractivity contribution is -0.397. The first-order valence-electron chi connectivity index (χ1n) is 7.94. The summed E-state index contributed by atoms with van der Waals surface area (Å²) in [5.41, 5.74) is -3.12. The SMILES string of the molecule is O=C(OCCC(F)(F)C(F)(F)C(F)(F)C(F)(F)F)C1(C(F)(F)F)CC2C=CC1C2. The van der Waals surface area contributed by atoms with Gasteiger partial charge >= 0.3 is 36.1 Å². The van der Waals surface area contributed by atoms with E-state index in [4.69, 9.17) is 0 Å². The van der Waals surface area contributed by atoms with Crippen LogP contribution in [0.4, 0.5) is 52.7 Å². The smallest absolute Gasteiger partial charge is 0.460 e. The van der Waals surface area contributed by atoms with Gasteiger partial charge in [-0.2, -0.15) is 52.7 Å². The standard InChI is InChI=1S/C15H12F12O2/c16-11(17,12(18,19)13(20,21)15(25,26)27)3-4-29-9(28)10(14(22,23)24)6-7-1-2-8(10)5-7/h1-2,7-8H,3-6H2. The van der Waals surface area contributed by atoms with E-state index in [-0.39, 0.29) is 6.42 Å². The van der Waals surface area contributed by atoms with Gasteiger partial charge in [-0.1, -0.05) is 12.2 Å². The number of ether oxygens (including phenoxy) is 1. The summed E-state index contributed by atoms with van der Waals surface area (Å²) in [6.45, 7) is -1.92. The average molecular weight is 452 g/mol. The van der Waals surface area contributed by atoms with E-state index in [9.17, 15) is 57.5 Å². The van der Waals surface area contributed by atoms with Gasteiger partial charge in [-0.15, -0.1) is 0 Å². The molecule has 0 N–H and O–H groups in total. The van der Waals surface area contributed by atoms with E-state index < -0.39 is 72.8 Å². The molecular formula is C15H12F12O2. The molecule has 0 aromatic carbocycles. The van der Waals surface area contributed by atoms with Gasteiger partial charge in [-0.05, 0) is 18.8 Å². The molecule has 168 valence electrons.